The molecule has 0 fully saturated rings. The first-order valence-electron chi connectivity index (χ1n) is 4.89. The predicted octanol–water partition coefficient (Wildman–Crippen LogP) is 2.18. The van der Waals surface area contributed by atoms with Gasteiger partial charge in [0.1, 0.15) is 6.54 Å². The van der Waals surface area contributed by atoms with Gasteiger partial charge in [0.05, 0.1) is 11.6 Å². The van der Waals surface area contributed by atoms with Crippen LogP contribution in [0.4, 0.5) is 13.2 Å². The van der Waals surface area contributed by atoms with E-state index in [1.807, 2.05) is 19.2 Å². The van der Waals surface area contributed by atoms with Crippen molar-refractivity contribution in [1.29, 1.82) is 0 Å². The third-order valence-corrected chi connectivity index (χ3v) is 2.13. The lowest BCUT2D eigenvalue weighted by Gasteiger charge is -2.12. The standard InChI is InChI=1S/C11H14F3N/c1-8(2)15-7-9-5-3-4-6-10(9)11(12,13)14/h3-6,8,15H,7H2,1-2H3/p+1. The van der Waals surface area contributed by atoms with Crippen LogP contribution in [-0.2, 0) is 12.7 Å². The highest BCUT2D eigenvalue weighted by Gasteiger charge is 2.33. The minimum Gasteiger partial charge on any atom is -0.341 e. The largest absolute Gasteiger partial charge is 0.416 e. The Labute approximate surface area is 87.3 Å². The highest BCUT2D eigenvalue weighted by atomic mass is 19.4. The Kier molecular flexibility index (Phi) is 3.74. The van der Waals surface area contributed by atoms with Crippen molar-refractivity contribution in [3.8, 4) is 0 Å². The van der Waals surface area contributed by atoms with Crippen LogP contribution >= 0.6 is 0 Å². The van der Waals surface area contributed by atoms with Crippen molar-refractivity contribution in [3.05, 3.63) is 35.4 Å². The smallest absolute Gasteiger partial charge is 0.341 e. The van der Waals surface area contributed by atoms with Crippen molar-refractivity contribution in [2.75, 3.05) is 0 Å². The number of benzene rings is 1. The lowest BCUT2D eigenvalue weighted by atomic mass is 10.1. The highest BCUT2D eigenvalue weighted by molar-refractivity contribution is 5.28. The molecule has 1 aromatic rings. The van der Waals surface area contributed by atoms with E-state index in [2.05, 4.69) is 0 Å². The first-order chi connectivity index (χ1) is 6.91. The molecule has 0 spiro atoms. The van der Waals surface area contributed by atoms with Crippen LogP contribution in [0.25, 0.3) is 0 Å². The van der Waals surface area contributed by atoms with Crippen LogP contribution < -0.4 is 5.32 Å². The van der Waals surface area contributed by atoms with Crippen molar-refractivity contribution in [2.24, 2.45) is 0 Å². The third kappa shape index (κ3) is 3.55. The lowest BCUT2D eigenvalue weighted by molar-refractivity contribution is -0.698. The van der Waals surface area contributed by atoms with Gasteiger partial charge in [-0.15, -0.1) is 0 Å². The molecule has 0 saturated carbocycles. The van der Waals surface area contributed by atoms with Crippen LogP contribution in [0.1, 0.15) is 25.0 Å². The van der Waals surface area contributed by atoms with Gasteiger partial charge in [-0.1, -0.05) is 18.2 Å². The number of rotatable bonds is 3. The first kappa shape index (κ1) is 12.0. The monoisotopic (exact) mass is 218 g/mol. The summed E-state index contributed by atoms with van der Waals surface area (Å²) in [7, 11) is 0. The van der Waals surface area contributed by atoms with E-state index in [4.69, 9.17) is 0 Å². The molecule has 0 aliphatic heterocycles. The Morgan fingerprint density at radius 1 is 1.20 bits per heavy atom. The maximum atomic E-state index is 12.6. The van der Waals surface area contributed by atoms with E-state index in [9.17, 15) is 13.2 Å². The quantitative estimate of drug-likeness (QED) is 0.800. The average Bonchev–Trinajstić information content (AvgIpc) is 2.13. The Balaban J connectivity index is 2.87. The summed E-state index contributed by atoms with van der Waals surface area (Å²) in [5.74, 6) is 0. The molecule has 0 aliphatic carbocycles. The summed E-state index contributed by atoms with van der Waals surface area (Å²) in [5.41, 5.74) is -0.180. The molecule has 0 amide bonds. The molecule has 0 saturated heterocycles. The molecule has 0 aliphatic rings. The molecule has 15 heavy (non-hydrogen) atoms. The SMILES string of the molecule is CC(C)[NH2+]Cc1ccccc1C(F)(F)F. The summed E-state index contributed by atoms with van der Waals surface area (Å²) >= 11 is 0. The normalized spacial score (nSPS) is 12.1. The van der Waals surface area contributed by atoms with Gasteiger partial charge in [0, 0.05) is 5.56 Å². The second-order valence-corrected chi connectivity index (χ2v) is 3.84. The van der Waals surface area contributed by atoms with Crippen molar-refractivity contribution in [2.45, 2.75) is 32.6 Å². The van der Waals surface area contributed by atoms with Crippen LogP contribution in [0.15, 0.2) is 24.3 Å². The number of alkyl halides is 3. The van der Waals surface area contributed by atoms with Crippen molar-refractivity contribution < 1.29 is 18.5 Å². The predicted molar refractivity (Wildman–Crippen MR) is 52.2 cm³/mol. The summed E-state index contributed by atoms with van der Waals surface area (Å²) < 4.78 is 37.7. The van der Waals surface area contributed by atoms with E-state index < -0.39 is 11.7 Å². The zero-order chi connectivity index (χ0) is 11.5. The van der Waals surface area contributed by atoms with Gasteiger partial charge in [0.25, 0.3) is 0 Å². The van der Waals surface area contributed by atoms with Crippen LogP contribution in [0.5, 0.6) is 0 Å². The van der Waals surface area contributed by atoms with Crippen LogP contribution in [0.2, 0.25) is 0 Å². The Morgan fingerprint density at radius 2 is 1.80 bits per heavy atom. The fourth-order valence-electron chi connectivity index (χ4n) is 1.34. The van der Waals surface area contributed by atoms with Gasteiger partial charge in [-0.3, -0.25) is 0 Å². The van der Waals surface area contributed by atoms with Crippen molar-refractivity contribution in [3.63, 3.8) is 0 Å². The maximum absolute atomic E-state index is 12.6. The van der Waals surface area contributed by atoms with Gasteiger partial charge in [-0.05, 0) is 19.9 Å². The minimum absolute atomic E-state index is 0.297. The molecule has 0 radical (unpaired) electrons. The molecule has 0 bridgehead atoms. The average molecular weight is 218 g/mol. The summed E-state index contributed by atoms with van der Waals surface area (Å²) in [4.78, 5) is 0. The van der Waals surface area contributed by atoms with E-state index >= 15 is 0 Å². The Hall–Kier alpha value is -1.03. The molecule has 1 nitrogen and oxygen atoms in total. The van der Waals surface area contributed by atoms with Crippen molar-refractivity contribution >= 4 is 0 Å². The topological polar surface area (TPSA) is 16.6 Å². The number of nitrogens with two attached hydrogens (primary N) is 1. The molecule has 1 rings (SSSR count). The van der Waals surface area contributed by atoms with Gasteiger partial charge in [-0.2, -0.15) is 13.2 Å². The maximum Gasteiger partial charge on any atom is 0.416 e. The molecular formula is C11H15F3N+. The molecule has 0 heterocycles. The van der Waals surface area contributed by atoms with Gasteiger partial charge < -0.3 is 5.32 Å². The molecule has 0 atom stereocenters. The minimum atomic E-state index is -4.25. The van der Waals surface area contributed by atoms with Crippen LogP contribution in [-0.4, -0.2) is 6.04 Å². The van der Waals surface area contributed by atoms with Crippen molar-refractivity contribution in [1.82, 2.24) is 0 Å². The van der Waals surface area contributed by atoms with E-state index in [0.29, 0.717) is 18.2 Å². The number of halogens is 3. The van der Waals surface area contributed by atoms with E-state index in [1.54, 1.807) is 6.07 Å². The number of quaternary nitrogens is 1. The van der Waals surface area contributed by atoms with Gasteiger partial charge in [0.2, 0.25) is 0 Å². The number of hydrogen-bond acceptors (Lipinski definition) is 0. The first-order valence-corrected chi connectivity index (χ1v) is 4.89. The molecular weight excluding hydrogens is 203 g/mol. The molecule has 0 aromatic heterocycles. The summed E-state index contributed by atoms with van der Waals surface area (Å²) in [6, 6.07) is 6.01. The van der Waals surface area contributed by atoms with E-state index in [-0.39, 0.29) is 0 Å². The number of hydrogen-bond donors (Lipinski definition) is 1. The fraction of sp³-hybridized carbons (Fsp3) is 0.455. The van der Waals surface area contributed by atoms with Gasteiger partial charge in [-0.25, -0.2) is 0 Å². The van der Waals surface area contributed by atoms with Gasteiger partial charge >= 0.3 is 6.18 Å². The Bertz CT molecular complexity index is 318. The molecule has 1 aromatic carbocycles. The second-order valence-electron chi connectivity index (χ2n) is 3.84. The zero-order valence-electron chi connectivity index (χ0n) is 8.81. The lowest BCUT2D eigenvalue weighted by Crippen LogP contribution is -2.87. The summed E-state index contributed by atoms with van der Waals surface area (Å²) in [5, 5.41) is 1.88. The summed E-state index contributed by atoms with van der Waals surface area (Å²) in [6.07, 6.45) is -4.25. The van der Waals surface area contributed by atoms with Crippen LogP contribution in [0.3, 0.4) is 0 Å². The molecule has 2 N–H and O–H groups in total. The van der Waals surface area contributed by atoms with Crippen LogP contribution in [0, 0.1) is 0 Å². The highest BCUT2D eigenvalue weighted by Crippen LogP contribution is 2.31. The molecule has 4 heteroatoms. The zero-order valence-corrected chi connectivity index (χ0v) is 8.81. The second kappa shape index (κ2) is 4.66. The molecule has 0 unspecified atom stereocenters. The fourth-order valence-corrected chi connectivity index (χ4v) is 1.34. The molecule has 84 valence electrons. The van der Waals surface area contributed by atoms with E-state index in [0.717, 1.165) is 6.07 Å². The summed E-state index contributed by atoms with van der Waals surface area (Å²) in [6.45, 7) is 4.28. The van der Waals surface area contributed by atoms with E-state index in [1.165, 1.54) is 12.1 Å². The third-order valence-electron chi connectivity index (χ3n) is 2.13. The Morgan fingerprint density at radius 3 is 2.33 bits per heavy atom. The van der Waals surface area contributed by atoms with Gasteiger partial charge in [0.15, 0.2) is 0 Å².